The van der Waals surface area contributed by atoms with Crippen LogP contribution in [-0.4, -0.2) is 11.9 Å². The topological polar surface area (TPSA) is 9.23 Å². The minimum absolute atomic E-state index is 0.186. The van der Waals surface area contributed by atoms with Crippen LogP contribution in [-0.2, 0) is 4.74 Å². The highest BCUT2D eigenvalue weighted by Crippen LogP contribution is 2.06. The van der Waals surface area contributed by atoms with Crippen LogP contribution in [0.1, 0.15) is 22.1 Å². The van der Waals surface area contributed by atoms with Crippen LogP contribution in [0.3, 0.4) is 0 Å². The normalized spacial score (nSPS) is 18.6. The molecule has 0 heterocycles. The SMILES string of the molecule is [3H]C(P)OC(C)(C)C. The summed E-state index contributed by atoms with van der Waals surface area (Å²) in [6, 6.07) is 0. The maximum absolute atomic E-state index is 6.97. The molecule has 0 fully saturated rings. The zero-order chi connectivity index (χ0) is 6.78. The Hall–Kier alpha value is 0.390. The number of rotatable bonds is 1. The van der Waals surface area contributed by atoms with Gasteiger partial charge in [-0.05, 0) is 20.8 Å². The fourth-order valence-corrected chi connectivity index (χ4v) is 0.612. The summed E-state index contributed by atoms with van der Waals surface area (Å²) in [5, 5.41) is 0. The first-order valence-electron chi connectivity index (χ1n) is 2.85. The fraction of sp³-hybridized carbons (Fsp3) is 1.00. The Balaban J connectivity index is 3.39. The van der Waals surface area contributed by atoms with Gasteiger partial charge in [0.15, 0.2) is 0 Å². The Morgan fingerprint density at radius 2 is 2.14 bits per heavy atom. The van der Waals surface area contributed by atoms with E-state index in [0.29, 0.717) is 0 Å². The molecule has 2 unspecified atom stereocenters. The second kappa shape index (κ2) is 2.64. The Bertz CT molecular complexity index is 67.3. The lowest BCUT2D eigenvalue weighted by molar-refractivity contribution is 0.0284. The first kappa shape index (κ1) is 5.53. The van der Waals surface area contributed by atoms with Crippen molar-refractivity contribution in [3.05, 3.63) is 0 Å². The molecule has 0 saturated carbocycles. The Labute approximate surface area is 49.0 Å². The van der Waals surface area contributed by atoms with Gasteiger partial charge in [0.1, 0.15) is 0 Å². The van der Waals surface area contributed by atoms with E-state index in [1.54, 1.807) is 0 Å². The quantitative estimate of drug-likeness (QED) is 0.480. The summed E-state index contributed by atoms with van der Waals surface area (Å²) >= 11 is 0. The van der Waals surface area contributed by atoms with Crippen molar-refractivity contribution in [2.75, 3.05) is 6.32 Å². The molecule has 0 radical (unpaired) electrons. The molecule has 7 heavy (non-hydrogen) atoms. The summed E-state index contributed by atoms with van der Waals surface area (Å²) in [5.41, 5.74) is -0.186. The third-order valence-electron chi connectivity index (χ3n) is 0.422. The molecule has 0 saturated heterocycles. The van der Waals surface area contributed by atoms with Crippen molar-refractivity contribution < 1.29 is 6.11 Å². The van der Waals surface area contributed by atoms with E-state index in [4.69, 9.17) is 6.11 Å². The van der Waals surface area contributed by atoms with Crippen LogP contribution in [0.5, 0.6) is 0 Å². The predicted molar refractivity (Wildman–Crippen MR) is 35.4 cm³/mol. The fourth-order valence-electron chi connectivity index (χ4n) is 0.204. The highest BCUT2D eigenvalue weighted by molar-refractivity contribution is 7.16. The van der Waals surface area contributed by atoms with Gasteiger partial charge in [-0.2, -0.15) is 0 Å². The largest absolute Gasteiger partial charge is 0.372 e. The summed E-state index contributed by atoms with van der Waals surface area (Å²) in [4.78, 5) is 0. The van der Waals surface area contributed by atoms with Crippen LogP contribution in [0.15, 0.2) is 0 Å². The summed E-state index contributed by atoms with van der Waals surface area (Å²) in [7, 11) is 2.27. The zero-order valence-electron chi connectivity index (χ0n) is 6.06. The molecule has 0 aromatic rings. The zero-order valence-corrected chi connectivity index (χ0v) is 6.22. The van der Waals surface area contributed by atoms with Gasteiger partial charge in [0, 0.05) is 0 Å². The van der Waals surface area contributed by atoms with Crippen LogP contribution in [0.25, 0.3) is 0 Å². The molecule has 0 bridgehead atoms. The van der Waals surface area contributed by atoms with E-state index in [9.17, 15) is 0 Å². The Kier molecular flexibility index (Phi) is 2.08. The summed E-state index contributed by atoms with van der Waals surface area (Å²) in [5.74, 6) is 0. The average molecular weight is 122 g/mol. The molecule has 0 aliphatic carbocycles. The first-order valence-corrected chi connectivity index (χ1v) is 2.94. The van der Waals surface area contributed by atoms with Gasteiger partial charge >= 0.3 is 0 Å². The Morgan fingerprint density at radius 1 is 1.71 bits per heavy atom. The van der Waals surface area contributed by atoms with Gasteiger partial charge < -0.3 is 4.74 Å². The molecule has 44 valence electrons. The minimum atomic E-state index is -0.491. The van der Waals surface area contributed by atoms with Gasteiger partial charge in [-0.1, -0.05) is 0 Å². The molecule has 0 aliphatic rings. The van der Waals surface area contributed by atoms with Crippen LogP contribution in [0.2, 0.25) is 0 Å². The minimum Gasteiger partial charge on any atom is -0.372 e. The van der Waals surface area contributed by atoms with Crippen molar-refractivity contribution in [2.45, 2.75) is 26.4 Å². The highest BCUT2D eigenvalue weighted by atomic mass is 31.0. The van der Waals surface area contributed by atoms with Gasteiger partial charge in [0.25, 0.3) is 0 Å². The van der Waals surface area contributed by atoms with E-state index in [2.05, 4.69) is 9.24 Å². The predicted octanol–water partition coefficient (Wildman–Crippen LogP) is 1.63. The lowest BCUT2D eigenvalue weighted by atomic mass is 10.2. The molecule has 2 atom stereocenters. The third-order valence-corrected chi connectivity index (χ3v) is 0.558. The van der Waals surface area contributed by atoms with Crippen molar-refractivity contribution in [1.82, 2.24) is 0 Å². The van der Waals surface area contributed by atoms with E-state index >= 15 is 0 Å². The van der Waals surface area contributed by atoms with Crippen molar-refractivity contribution in [3.63, 3.8) is 0 Å². The molecule has 2 heteroatoms. The summed E-state index contributed by atoms with van der Waals surface area (Å²) in [6.07, 6.45) is -0.491. The molecule has 0 aliphatic heterocycles. The maximum atomic E-state index is 6.97. The highest BCUT2D eigenvalue weighted by Gasteiger charge is 2.06. The van der Waals surface area contributed by atoms with E-state index in [1.165, 1.54) is 0 Å². The summed E-state index contributed by atoms with van der Waals surface area (Å²) < 4.78 is 12.0. The molecule has 0 N–H and O–H groups in total. The number of hydrogen-bond donors (Lipinski definition) is 0. The molecular formula is C5H13OP. The molecule has 0 amide bonds. The van der Waals surface area contributed by atoms with Gasteiger partial charge in [0.05, 0.1) is 13.3 Å². The smallest absolute Gasteiger partial charge is 0.0611 e. The van der Waals surface area contributed by atoms with E-state index in [-0.39, 0.29) is 5.60 Å². The van der Waals surface area contributed by atoms with Crippen molar-refractivity contribution >= 4 is 9.24 Å². The van der Waals surface area contributed by atoms with Crippen LogP contribution < -0.4 is 0 Å². The monoisotopic (exact) mass is 122 g/mol. The summed E-state index contributed by atoms with van der Waals surface area (Å²) in [6.45, 7) is 5.79. The molecule has 1 nitrogen and oxygen atoms in total. The number of hydrogen-bond acceptors (Lipinski definition) is 1. The lowest BCUT2D eigenvalue weighted by Crippen LogP contribution is -2.17. The van der Waals surface area contributed by atoms with Crippen molar-refractivity contribution in [3.8, 4) is 0 Å². The molecule has 0 aromatic carbocycles. The molecular weight excluding hydrogens is 107 g/mol. The van der Waals surface area contributed by atoms with Crippen molar-refractivity contribution in [2.24, 2.45) is 0 Å². The second-order valence-corrected chi connectivity index (χ2v) is 2.64. The van der Waals surface area contributed by atoms with Crippen molar-refractivity contribution in [1.29, 1.82) is 0 Å². The van der Waals surface area contributed by atoms with E-state index in [0.717, 1.165) is 0 Å². The van der Waals surface area contributed by atoms with Gasteiger partial charge in [-0.15, -0.1) is 9.24 Å². The molecule has 0 rings (SSSR count). The van der Waals surface area contributed by atoms with E-state index < -0.39 is 6.32 Å². The average Bonchev–Trinajstić information content (AvgIpc) is 1.21. The van der Waals surface area contributed by atoms with Gasteiger partial charge in [0.2, 0.25) is 0 Å². The second-order valence-electron chi connectivity index (χ2n) is 2.37. The Morgan fingerprint density at radius 3 is 2.14 bits per heavy atom. The molecule has 0 spiro atoms. The van der Waals surface area contributed by atoms with E-state index in [1.807, 2.05) is 20.8 Å². The molecule has 0 aromatic heterocycles. The lowest BCUT2D eigenvalue weighted by Gasteiger charge is -2.17. The maximum Gasteiger partial charge on any atom is 0.0611 e. The standard InChI is InChI=1S/C5H13OP/c1-5(2,3)6-4-7/h4,7H2,1-3H3/i4T. The van der Waals surface area contributed by atoms with Gasteiger partial charge in [-0.25, -0.2) is 0 Å². The third kappa shape index (κ3) is 6.39. The first-order chi connectivity index (χ1) is 3.42. The van der Waals surface area contributed by atoms with Crippen LogP contribution >= 0.6 is 9.24 Å². The number of ether oxygens (including phenoxy) is 1. The van der Waals surface area contributed by atoms with Gasteiger partial charge in [-0.3, -0.25) is 0 Å². The van der Waals surface area contributed by atoms with Crippen LogP contribution in [0.4, 0.5) is 0 Å². The van der Waals surface area contributed by atoms with Crippen LogP contribution in [0, 0.1) is 0 Å².